The molecule has 0 fully saturated rings. The van der Waals surface area contributed by atoms with E-state index in [1.54, 1.807) is 24.3 Å². The highest BCUT2D eigenvalue weighted by atomic mass is 16.3. The summed E-state index contributed by atoms with van der Waals surface area (Å²) < 4.78 is 0. The summed E-state index contributed by atoms with van der Waals surface area (Å²) in [5, 5.41) is 97.6. The molecule has 0 saturated heterocycles. The molecule has 6 atom stereocenters. The van der Waals surface area contributed by atoms with Crippen molar-refractivity contribution in [3.05, 3.63) is 222 Å². The third-order valence-electron chi connectivity index (χ3n) is 14.5. The largest absolute Gasteiger partial charge is 0.508 e. The smallest absolute Gasteiger partial charge is 0.123 e. The number of hydrogen-bond donors (Lipinski definition) is 8. The molecule has 0 heterocycles. The number of phenolic OH excluding ortho intramolecular Hbond substituents is 8. The number of hydrogen-bond acceptors (Lipinski definition) is 8. The van der Waals surface area contributed by atoms with Crippen LogP contribution in [0.15, 0.2) is 127 Å². The van der Waals surface area contributed by atoms with Crippen LogP contribution in [0.4, 0.5) is 0 Å². The Bertz CT molecular complexity index is 3080. The van der Waals surface area contributed by atoms with E-state index in [0.29, 0.717) is 44.5 Å². The Labute approximate surface area is 397 Å². The van der Waals surface area contributed by atoms with Gasteiger partial charge in [-0.15, -0.1) is 0 Å². The maximum atomic E-state index is 12.2. The van der Waals surface area contributed by atoms with E-state index in [4.69, 9.17) is 0 Å². The minimum absolute atomic E-state index is 0.122. The van der Waals surface area contributed by atoms with Crippen LogP contribution in [0, 0.1) is 53.4 Å². The number of aryl methyl sites for hydroxylation is 6. The average Bonchev–Trinajstić information content (AvgIpc) is 3.25. The van der Waals surface area contributed by atoms with Gasteiger partial charge in [0.25, 0.3) is 0 Å². The Morgan fingerprint density at radius 3 is 0.882 bits per heavy atom. The molecule has 2 aliphatic rings. The van der Waals surface area contributed by atoms with Crippen molar-refractivity contribution in [2.45, 2.75) is 79.1 Å². The highest BCUT2D eigenvalue weighted by Crippen LogP contribution is 2.55. The first-order chi connectivity index (χ1) is 32.3. The first kappa shape index (κ1) is 45.6. The van der Waals surface area contributed by atoms with Crippen LogP contribution in [0.1, 0.15) is 132 Å². The molecular weight excluding hydrogens is 849 g/mol. The van der Waals surface area contributed by atoms with Crippen LogP contribution in [0.5, 0.6) is 46.0 Å². The summed E-state index contributed by atoms with van der Waals surface area (Å²) in [6, 6.07) is 29.9. The van der Waals surface area contributed by atoms with Crippen LogP contribution in [0.2, 0.25) is 0 Å². The van der Waals surface area contributed by atoms with Gasteiger partial charge in [-0.25, -0.2) is 0 Å². The minimum Gasteiger partial charge on any atom is -0.508 e. The second-order valence-electron chi connectivity index (χ2n) is 19.4. The third-order valence-corrected chi connectivity index (χ3v) is 14.5. The lowest BCUT2D eigenvalue weighted by molar-refractivity contribution is 0.398. The summed E-state index contributed by atoms with van der Waals surface area (Å²) >= 11 is 0. The first-order valence-electron chi connectivity index (χ1n) is 23.1. The second-order valence-corrected chi connectivity index (χ2v) is 19.4. The molecule has 8 N–H and O–H groups in total. The second kappa shape index (κ2) is 17.3. The van der Waals surface area contributed by atoms with Crippen molar-refractivity contribution in [3.8, 4) is 46.0 Å². The van der Waals surface area contributed by atoms with E-state index in [1.807, 2.05) is 109 Å². The van der Waals surface area contributed by atoms with E-state index in [1.165, 1.54) is 24.3 Å². The number of allylic oxidation sites excluding steroid dienone is 4. The first-order valence-corrected chi connectivity index (χ1v) is 23.1. The fraction of sp³-hybridized carbons (Fsp3) is 0.233. The monoisotopic (exact) mass is 906 g/mol. The lowest BCUT2D eigenvalue weighted by Gasteiger charge is -2.34. The van der Waals surface area contributed by atoms with Gasteiger partial charge in [-0.05, 0) is 118 Å². The van der Waals surface area contributed by atoms with Gasteiger partial charge in [-0.2, -0.15) is 0 Å². The zero-order valence-electron chi connectivity index (χ0n) is 39.6. The molecule has 8 heteroatoms. The average molecular weight is 907 g/mol. The lowest BCUT2D eigenvalue weighted by Crippen LogP contribution is -2.22. The van der Waals surface area contributed by atoms with E-state index in [9.17, 15) is 40.9 Å². The highest BCUT2D eigenvalue weighted by molar-refractivity contribution is 5.67. The molecule has 7 aromatic rings. The van der Waals surface area contributed by atoms with Gasteiger partial charge in [-0.3, -0.25) is 0 Å². The Kier molecular flexibility index (Phi) is 11.6. The van der Waals surface area contributed by atoms with Crippen molar-refractivity contribution in [1.29, 1.82) is 0 Å². The molecule has 346 valence electrons. The quantitative estimate of drug-likeness (QED) is 0.0866. The molecule has 0 saturated carbocycles. The Morgan fingerprint density at radius 1 is 0.324 bits per heavy atom. The number of rotatable bonds is 4. The van der Waals surface area contributed by atoms with Crippen molar-refractivity contribution < 1.29 is 40.9 Å². The van der Waals surface area contributed by atoms with Crippen LogP contribution in [0.3, 0.4) is 0 Å². The standard InChI is InChI=1S/C60H58O8/c1-29-9-13-37(33(5)17-29)57-41-21-43(51(63)25-49(41)61)58(38-14-10-30(2)18-34(38)6)45-23-47(55(67)27-53(45)65)60(40-16-12-32(4)20-36(40)8)48-24-46(54(66)28-56(48)68)59(39-15-11-31(3)19-35(39)7)44-22-42(57)50(62)26-52(44)64/h9-28,33,37,57-68H,1-8H3/t33?,37?,57?,58-,59?,60?/m1/s1. The molecule has 8 bridgehead atoms. The highest BCUT2D eigenvalue weighted by Gasteiger charge is 2.38. The Hall–Kier alpha value is -7.58. The number of aromatic hydroxyl groups is 8. The molecule has 0 spiro atoms. The van der Waals surface area contributed by atoms with Gasteiger partial charge in [-0.1, -0.05) is 102 Å². The van der Waals surface area contributed by atoms with Gasteiger partial charge in [0.1, 0.15) is 46.0 Å². The molecule has 7 aromatic carbocycles. The summed E-state index contributed by atoms with van der Waals surface area (Å²) in [5.41, 5.74) is 11.6. The Balaban J connectivity index is 1.50. The molecule has 8 nitrogen and oxygen atoms in total. The van der Waals surface area contributed by atoms with Crippen LogP contribution < -0.4 is 0 Å². The van der Waals surface area contributed by atoms with E-state index < -0.39 is 23.7 Å². The minimum atomic E-state index is -0.907. The summed E-state index contributed by atoms with van der Waals surface area (Å²) in [7, 11) is 0. The van der Waals surface area contributed by atoms with Crippen LogP contribution >= 0.6 is 0 Å². The zero-order chi connectivity index (χ0) is 48.6. The van der Waals surface area contributed by atoms with Crippen molar-refractivity contribution in [2.24, 2.45) is 11.8 Å². The van der Waals surface area contributed by atoms with Crippen LogP contribution in [-0.2, 0) is 0 Å². The summed E-state index contributed by atoms with van der Waals surface area (Å²) in [5.74, 6) is -5.94. The zero-order valence-corrected chi connectivity index (χ0v) is 39.6. The van der Waals surface area contributed by atoms with Gasteiger partial charge in [0.05, 0.1) is 0 Å². The van der Waals surface area contributed by atoms with Gasteiger partial charge in [0.2, 0.25) is 0 Å². The predicted octanol–water partition coefficient (Wildman–Crippen LogP) is 12.9. The van der Waals surface area contributed by atoms with Crippen molar-refractivity contribution >= 4 is 0 Å². The maximum Gasteiger partial charge on any atom is 0.123 e. The number of phenols is 8. The van der Waals surface area contributed by atoms with E-state index >= 15 is 0 Å². The summed E-state index contributed by atoms with van der Waals surface area (Å²) in [6.45, 7) is 15.9. The normalized spacial score (nSPS) is 20.0. The van der Waals surface area contributed by atoms with Gasteiger partial charge in [0.15, 0.2) is 0 Å². The molecule has 0 aromatic heterocycles. The molecule has 2 aliphatic carbocycles. The van der Waals surface area contributed by atoms with Gasteiger partial charge >= 0.3 is 0 Å². The molecule has 68 heavy (non-hydrogen) atoms. The summed E-state index contributed by atoms with van der Waals surface area (Å²) in [6.07, 6.45) is 6.21. The number of fused-ring (bicyclic) bond motifs is 8. The Morgan fingerprint density at radius 2 is 0.603 bits per heavy atom. The molecular formula is C60H58O8. The molecule has 0 amide bonds. The number of benzene rings is 7. The van der Waals surface area contributed by atoms with E-state index in [2.05, 4.69) is 19.1 Å². The van der Waals surface area contributed by atoms with E-state index in [-0.39, 0.29) is 57.8 Å². The van der Waals surface area contributed by atoms with Crippen molar-refractivity contribution in [3.63, 3.8) is 0 Å². The van der Waals surface area contributed by atoms with Crippen LogP contribution in [-0.4, -0.2) is 40.9 Å². The maximum absolute atomic E-state index is 12.2. The molecule has 5 unspecified atom stereocenters. The molecule has 0 radical (unpaired) electrons. The van der Waals surface area contributed by atoms with Crippen molar-refractivity contribution in [1.82, 2.24) is 0 Å². The topological polar surface area (TPSA) is 162 Å². The fourth-order valence-corrected chi connectivity index (χ4v) is 11.3. The lowest BCUT2D eigenvalue weighted by atomic mass is 9.69. The summed E-state index contributed by atoms with van der Waals surface area (Å²) in [4.78, 5) is 0. The van der Waals surface area contributed by atoms with E-state index in [0.717, 1.165) is 55.6 Å². The molecule has 9 rings (SSSR count). The SMILES string of the molecule is CC1=CC(C)C(C2c3cc(c(O)cc3O)C(c3ccc(C)cc3C)c3cc(c(O)cc3O)C(c3ccc(C)cc3C)c3cc(c(O)cc3O)[C@H](c3ccc(C)cc3C)c3cc2c(O)cc3O)C=C1. The predicted molar refractivity (Wildman–Crippen MR) is 267 cm³/mol. The third kappa shape index (κ3) is 7.87. The molecule has 0 aliphatic heterocycles. The van der Waals surface area contributed by atoms with Gasteiger partial charge < -0.3 is 40.9 Å². The fourth-order valence-electron chi connectivity index (χ4n) is 11.3. The van der Waals surface area contributed by atoms with Crippen molar-refractivity contribution in [2.75, 3.05) is 0 Å². The van der Waals surface area contributed by atoms with Gasteiger partial charge in [0, 0.05) is 92.4 Å². The van der Waals surface area contributed by atoms with Crippen LogP contribution in [0.25, 0.3) is 0 Å².